The highest BCUT2D eigenvalue weighted by Crippen LogP contribution is 2.56. The Kier molecular flexibility index (Phi) is 5.58. The molecule has 0 spiro atoms. The summed E-state index contributed by atoms with van der Waals surface area (Å²) in [6.45, 7) is 0. The molecule has 1 aromatic heterocycles. The number of hydrogen-bond acceptors (Lipinski definition) is 3. The van der Waals surface area contributed by atoms with E-state index in [9.17, 15) is 0 Å². The Morgan fingerprint density at radius 3 is 1.85 bits per heavy atom. The van der Waals surface area contributed by atoms with Gasteiger partial charge in [-0.05, 0) is 81.9 Å². The zero-order chi connectivity index (χ0) is 27.2. The molecule has 3 heteroatoms. The lowest BCUT2D eigenvalue weighted by Crippen LogP contribution is -2.28. The molecule has 0 fully saturated rings. The van der Waals surface area contributed by atoms with Crippen LogP contribution in [0.15, 0.2) is 152 Å². The lowest BCUT2D eigenvalue weighted by atomic mass is 9.67. The van der Waals surface area contributed by atoms with Crippen LogP contribution in [0.4, 0.5) is 11.4 Å². The van der Waals surface area contributed by atoms with Crippen molar-refractivity contribution in [2.24, 2.45) is 0 Å². The van der Waals surface area contributed by atoms with Crippen LogP contribution in [0.25, 0.3) is 31.9 Å². The standard InChI is InChI=1S/C38H26N2S/c1-3-11-27(12-4-1)38(28-13-5-2-6-14-28)33-16-8-7-15-31(33)32-24-23-30(25-34(32)38)39-29-21-19-26(20-22-29)37-40-35-17-9-10-18-36(35)41-37/h1-25,39H. The molecular formula is C38H26N2S. The zero-order valence-corrected chi connectivity index (χ0v) is 23.1. The molecule has 6 aromatic carbocycles. The van der Waals surface area contributed by atoms with E-state index in [1.54, 1.807) is 11.3 Å². The third-order valence-corrected chi connectivity index (χ3v) is 9.26. The molecule has 0 saturated heterocycles. The van der Waals surface area contributed by atoms with Crippen molar-refractivity contribution in [2.75, 3.05) is 5.32 Å². The molecular weight excluding hydrogens is 516 g/mol. The monoisotopic (exact) mass is 542 g/mol. The molecule has 1 aliphatic rings. The van der Waals surface area contributed by atoms with Crippen LogP contribution in [0, 0.1) is 0 Å². The van der Waals surface area contributed by atoms with Gasteiger partial charge in [0.25, 0.3) is 0 Å². The van der Waals surface area contributed by atoms with E-state index in [0.29, 0.717) is 0 Å². The number of rotatable bonds is 5. The topological polar surface area (TPSA) is 24.9 Å². The fraction of sp³-hybridized carbons (Fsp3) is 0.0263. The predicted molar refractivity (Wildman–Crippen MR) is 172 cm³/mol. The Morgan fingerprint density at radius 1 is 0.512 bits per heavy atom. The van der Waals surface area contributed by atoms with Crippen LogP contribution in [0.2, 0.25) is 0 Å². The van der Waals surface area contributed by atoms with Crippen molar-refractivity contribution >= 4 is 32.9 Å². The quantitative estimate of drug-likeness (QED) is 0.234. The van der Waals surface area contributed by atoms with E-state index >= 15 is 0 Å². The van der Waals surface area contributed by atoms with Crippen molar-refractivity contribution in [1.29, 1.82) is 0 Å². The maximum atomic E-state index is 4.83. The molecule has 0 aliphatic heterocycles. The summed E-state index contributed by atoms with van der Waals surface area (Å²) in [7, 11) is 0. The summed E-state index contributed by atoms with van der Waals surface area (Å²) in [6.07, 6.45) is 0. The molecule has 1 aliphatic carbocycles. The highest BCUT2D eigenvalue weighted by atomic mass is 32.1. The number of nitrogens with zero attached hydrogens (tertiary/aromatic N) is 1. The van der Waals surface area contributed by atoms with Crippen LogP contribution in [0.1, 0.15) is 22.3 Å². The highest BCUT2D eigenvalue weighted by molar-refractivity contribution is 7.21. The number of benzene rings is 6. The van der Waals surface area contributed by atoms with Crippen molar-refractivity contribution in [2.45, 2.75) is 5.41 Å². The molecule has 1 heterocycles. The molecule has 0 amide bonds. The predicted octanol–water partition coefficient (Wildman–Crippen LogP) is 10.1. The lowest BCUT2D eigenvalue weighted by Gasteiger charge is -2.34. The molecule has 0 radical (unpaired) electrons. The number of hydrogen-bond donors (Lipinski definition) is 1. The van der Waals surface area contributed by atoms with Gasteiger partial charge in [-0.1, -0.05) is 103 Å². The zero-order valence-electron chi connectivity index (χ0n) is 22.3. The third-order valence-electron chi connectivity index (χ3n) is 8.17. The van der Waals surface area contributed by atoms with Gasteiger partial charge in [0, 0.05) is 16.9 Å². The molecule has 194 valence electrons. The summed E-state index contributed by atoms with van der Waals surface area (Å²) < 4.78 is 1.21. The maximum absolute atomic E-state index is 4.83. The van der Waals surface area contributed by atoms with Gasteiger partial charge in [-0.25, -0.2) is 4.98 Å². The number of anilines is 2. The molecule has 7 aromatic rings. The van der Waals surface area contributed by atoms with Crippen LogP contribution < -0.4 is 5.32 Å². The van der Waals surface area contributed by atoms with Crippen molar-refractivity contribution in [3.63, 3.8) is 0 Å². The van der Waals surface area contributed by atoms with Gasteiger partial charge < -0.3 is 5.32 Å². The molecule has 1 N–H and O–H groups in total. The largest absolute Gasteiger partial charge is 0.356 e. The average molecular weight is 543 g/mol. The molecule has 41 heavy (non-hydrogen) atoms. The van der Waals surface area contributed by atoms with Gasteiger partial charge in [0.15, 0.2) is 0 Å². The average Bonchev–Trinajstić information content (AvgIpc) is 3.60. The lowest BCUT2D eigenvalue weighted by molar-refractivity contribution is 0.769. The summed E-state index contributed by atoms with van der Waals surface area (Å²) in [5.41, 5.74) is 11.6. The van der Waals surface area contributed by atoms with E-state index < -0.39 is 5.41 Å². The van der Waals surface area contributed by atoms with Crippen molar-refractivity contribution in [3.8, 4) is 21.7 Å². The minimum atomic E-state index is -0.400. The number of fused-ring (bicyclic) bond motifs is 4. The van der Waals surface area contributed by atoms with Gasteiger partial charge in [-0.2, -0.15) is 0 Å². The van der Waals surface area contributed by atoms with Gasteiger partial charge in [-0.3, -0.25) is 0 Å². The van der Waals surface area contributed by atoms with Gasteiger partial charge in [-0.15, -0.1) is 11.3 Å². The van der Waals surface area contributed by atoms with E-state index in [1.807, 2.05) is 6.07 Å². The molecule has 0 saturated carbocycles. The van der Waals surface area contributed by atoms with Crippen molar-refractivity contribution in [1.82, 2.24) is 4.98 Å². The number of thiazole rings is 1. The first kappa shape index (κ1) is 23.9. The van der Waals surface area contributed by atoms with Gasteiger partial charge >= 0.3 is 0 Å². The summed E-state index contributed by atoms with van der Waals surface area (Å²) in [5.74, 6) is 0. The first-order valence-corrected chi connectivity index (χ1v) is 14.7. The normalized spacial score (nSPS) is 13.1. The number of nitrogens with one attached hydrogen (secondary N) is 1. The van der Waals surface area contributed by atoms with E-state index in [4.69, 9.17) is 4.98 Å². The van der Waals surface area contributed by atoms with E-state index in [-0.39, 0.29) is 0 Å². The molecule has 0 bridgehead atoms. The van der Waals surface area contributed by atoms with Gasteiger partial charge in [0.05, 0.1) is 15.6 Å². The molecule has 8 rings (SSSR count). The van der Waals surface area contributed by atoms with E-state index in [1.165, 1.54) is 38.1 Å². The molecule has 2 nitrogen and oxygen atoms in total. The smallest absolute Gasteiger partial charge is 0.124 e. The fourth-order valence-electron chi connectivity index (χ4n) is 6.38. The second-order valence-corrected chi connectivity index (χ2v) is 11.5. The Labute approximate surface area is 243 Å². The Hall–Kier alpha value is -4.99. The van der Waals surface area contributed by atoms with Crippen LogP contribution >= 0.6 is 11.3 Å². The summed E-state index contributed by atoms with van der Waals surface area (Å²) in [6, 6.07) is 54.4. The first-order chi connectivity index (χ1) is 20.3. The summed E-state index contributed by atoms with van der Waals surface area (Å²) in [4.78, 5) is 4.83. The Morgan fingerprint density at radius 2 is 1.12 bits per heavy atom. The summed E-state index contributed by atoms with van der Waals surface area (Å²) >= 11 is 1.73. The van der Waals surface area contributed by atoms with Gasteiger partial charge in [0.2, 0.25) is 0 Å². The third kappa shape index (κ3) is 3.81. The minimum absolute atomic E-state index is 0.400. The van der Waals surface area contributed by atoms with E-state index in [2.05, 4.69) is 151 Å². The molecule has 0 unspecified atom stereocenters. The van der Waals surface area contributed by atoms with E-state index in [0.717, 1.165) is 27.5 Å². The SMILES string of the molecule is c1ccc(C2(c3ccccc3)c3ccccc3-c3ccc(Nc4ccc(-c5nc6ccccc6s5)cc4)cc32)cc1. The first-order valence-electron chi connectivity index (χ1n) is 13.9. The van der Waals surface area contributed by atoms with Crippen LogP contribution in [-0.4, -0.2) is 4.98 Å². The Bertz CT molecular complexity index is 1940. The highest BCUT2D eigenvalue weighted by Gasteiger charge is 2.45. The van der Waals surface area contributed by atoms with Crippen LogP contribution in [0.3, 0.4) is 0 Å². The van der Waals surface area contributed by atoms with Crippen LogP contribution in [-0.2, 0) is 5.41 Å². The van der Waals surface area contributed by atoms with Crippen molar-refractivity contribution < 1.29 is 0 Å². The maximum Gasteiger partial charge on any atom is 0.124 e. The second kappa shape index (κ2) is 9.58. The Balaban J connectivity index is 1.22. The second-order valence-electron chi connectivity index (χ2n) is 10.5. The minimum Gasteiger partial charge on any atom is -0.356 e. The number of aromatic nitrogens is 1. The van der Waals surface area contributed by atoms with Gasteiger partial charge in [0.1, 0.15) is 5.01 Å². The fourth-order valence-corrected chi connectivity index (χ4v) is 7.35. The number of para-hydroxylation sites is 1. The molecule has 0 atom stereocenters. The summed E-state index contributed by atoms with van der Waals surface area (Å²) in [5, 5.41) is 4.73. The van der Waals surface area contributed by atoms with Crippen LogP contribution in [0.5, 0.6) is 0 Å². The van der Waals surface area contributed by atoms with Crippen molar-refractivity contribution in [3.05, 3.63) is 174 Å².